The van der Waals surface area contributed by atoms with E-state index in [-0.39, 0.29) is 0 Å². The topological polar surface area (TPSA) is 20.3 Å². The highest BCUT2D eigenvalue weighted by Crippen LogP contribution is 2.23. The second-order valence-electron chi connectivity index (χ2n) is 3.04. The Balaban J connectivity index is 2.15. The van der Waals surface area contributed by atoms with Crippen LogP contribution in [-0.2, 0) is 4.79 Å². The van der Waals surface area contributed by atoms with Gasteiger partial charge in [-0.1, -0.05) is 0 Å². The molecule has 0 saturated carbocycles. The number of nitrogens with zero attached hydrogens (tertiary/aromatic N) is 1. The van der Waals surface area contributed by atoms with Crippen molar-refractivity contribution in [1.82, 2.24) is 4.90 Å². The molecule has 2 aliphatic heterocycles. The molecule has 2 saturated heterocycles. The van der Waals surface area contributed by atoms with Crippen molar-refractivity contribution in [3.63, 3.8) is 0 Å². The maximum Gasteiger partial charge on any atom is 0.151 e. The molecule has 9 heavy (non-hydrogen) atoms. The van der Waals surface area contributed by atoms with Crippen molar-refractivity contribution in [3.8, 4) is 0 Å². The Hall–Kier alpha value is -0.370. The molecule has 50 valence electrons. The summed E-state index contributed by atoms with van der Waals surface area (Å²) in [5.41, 5.74) is 0. The number of ketones is 1. The molecule has 2 rings (SSSR count). The molecule has 2 heteroatoms. The lowest BCUT2D eigenvalue weighted by Crippen LogP contribution is -2.25. The highest BCUT2D eigenvalue weighted by atomic mass is 16.1. The van der Waals surface area contributed by atoms with Crippen molar-refractivity contribution >= 4 is 5.78 Å². The lowest BCUT2D eigenvalue weighted by Gasteiger charge is -2.19. The summed E-state index contributed by atoms with van der Waals surface area (Å²) in [6.07, 6.45) is 2.38. The summed E-state index contributed by atoms with van der Waals surface area (Å²) in [4.78, 5) is 13.3. The molecule has 2 heterocycles. The molecule has 0 spiro atoms. The Morgan fingerprint density at radius 2 is 2.44 bits per heavy atom. The fourth-order valence-electron chi connectivity index (χ4n) is 1.81. The fraction of sp³-hybridized carbons (Fsp3) is 0.857. The van der Waals surface area contributed by atoms with Gasteiger partial charge in [0.05, 0.1) is 6.54 Å². The van der Waals surface area contributed by atoms with Gasteiger partial charge in [0.1, 0.15) is 0 Å². The van der Waals surface area contributed by atoms with Crippen LogP contribution in [0.3, 0.4) is 0 Å². The van der Waals surface area contributed by atoms with Gasteiger partial charge in [-0.25, -0.2) is 0 Å². The van der Waals surface area contributed by atoms with Crippen LogP contribution in [0.4, 0.5) is 0 Å². The van der Waals surface area contributed by atoms with Gasteiger partial charge in [-0.3, -0.25) is 9.69 Å². The quantitative estimate of drug-likeness (QED) is 0.463. The summed E-state index contributed by atoms with van der Waals surface area (Å²) in [5.74, 6) is 0.895. The van der Waals surface area contributed by atoms with Gasteiger partial charge in [-0.15, -0.1) is 0 Å². The van der Waals surface area contributed by atoms with Crippen LogP contribution in [-0.4, -0.2) is 30.3 Å². The zero-order valence-corrected chi connectivity index (χ0v) is 5.47. The Morgan fingerprint density at radius 1 is 1.56 bits per heavy atom. The second kappa shape index (κ2) is 1.81. The molecule has 0 amide bonds. The van der Waals surface area contributed by atoms with E-state index in [1.807, 2.05) is 0 Å². The molecule has 2 bridgehead atoms. The Labute approximate surface area is 54.8 Å². The molecule has 2 atom stereocenters. The first-order valence-corrected chi connectivity index (χ1v) is 3.61. The third kappa shape index (κ3) is 0.778. The SMILES string of the molecule is O=C1CN2CCCC1C2. The maximum atomic E-state index is 11.0. The first-order chi connectivity index (χ1) is 4.36. The molecule has 0 radical (unpaired) electrons. The van der Waals surface area contributed by atoms with Crippen LogP contribution >= 0.6 is 0 Å². The highest BCUT2D eigenvalue weighted by Gasteiger charge is 2.33. The van der Waals surface area contributed by atoms with E-state index in [1.54, 1.807) is 0 Å². The Kier molecular flexibility index (Phi) is 1.09. The molecule has 0 aromatic carbocycles. The van der Waals surface area contributed by atoms with E-state index < -0.39 is 0 Å². The molecule has 0 aliphatic carbocycles. The first-order valence-electron chi connectivity index (χ1n) is 3.61. The summed E-state index contributed by atoms with van der Waals surface area (Å²) in [5, 5.41) is 0. The van der Waals surface area contributed by atoms with Crippen molar-refractivity contribution < 1.29 is 4.79 Å². The van der Waals surface area contributed by atoms with Crippen LogP contribution < -0.4 is 0 Å². The average molecular weight is 125 g/mol. The number of fused-ring (bicyclic) bond motifs is 2. The number of carbonyl (C=O) groups excluding carboxylic acids is 1. The molecule has 0 aromatic rings. The van der Waals surface area contributed by atoms with E-state index in [2.05, 4.69) is 4.90 Å². The predicted molar refractivity (Wildman–Crippen MR) is 34.2 cm³/mol. The van der Waals surface area contributed by atoms with Crippen LogP contribution in [0.2, 0.25) is 0 Å². The maximum absolute atomic E-state index is 11.0. The van der Waals surface area contributed by atoms with Gasteiger partial charge < -0.3 is 0 Å². The molecule has 0 aromatic heterocycles. The van der Waals surface area contributed by atoms with Gasteiger partial charge in [-0.05, 0) is 19.4 Å². The van der Waals surface area contributed by atoms with Gasteiger partial charge in [0.2, 0.25) is 0 Å². The number of rotatable bonds is 0. The number of hydrogen-bond acceptors (Lipinski definition) is 2. The standard InChI is InChI=1S/C7H11NO/c9-7-5-8-3-1-2-6(7)4-8/h6H,1-5H2. The van der Waals surface area contributed by atoms with Crippen molar-refractivity contribution in [3.05, 3.63) is 0 Å². The molecule has 2 unspecified atom stereocenters. The smallest absolute Gasteiger partial charge is 0.151 e. The minimum absolute atomic E-state index is 0.416. The number of carbonyl (C=O) groups is 1. The molecule has 2 aliphatic rings. The zero-order chi connectivity index (χ0) is 6.27. The van der Waals surface area contributed by atoms with Gasteiger partial charge in [0.15, 0.2) is 5.78 Å². The number of Topliss-reactive ketones (excluding diaryl/α,β-unsaturated/α-hetero) is 1. The van der Waals surface area contributed by atoms with Crippen LogP contribution in [0.15, 0.2) is 0 Å². The summed E-state index contributed by atoms with van der Waals surface area (Å²) in [7, 11) is 0. The second-order valence-corrected chi connectivity index (χ2v) is 3.04. The largest absolute Gasteiger partial charge is 0.298 e. The van der Waals surface area contributed by atoms with E-state index in [0.717, 1.165) is 26.1 Å². The third-order valence-corrected chi connectivity index (χ3v) is 2.34. The molecular formula is C7H11NO. The minimum Gasteiger partial charge on any atom is -0.298 e. The normalized spacial score (nSPS) is 41.6. The van der Waals surface area contributed by atoms with Gasteiger partial charge >= 0.3 is 0 Å². The van der Waals surface area contributed by atoms with Crippen molar-refractivity contribution in [2.24, 2.45) is 5.92 Å². The van der Waals surface area contributed by atoms with E-state index in [1.165, 1.54) is 6.42 Å². The highest BCUT2D eigenvalue weighted by molar-refractivity contribution is 5.85. The van der Waals surface area contributed by atoms with E-state index in [0.29, 0.717) is 11.7 Å². The molecule has 2 fully saturated rings. The van der Waals surface area contributed by atoms with E-state index >= 15 is 0 Å². The van der Waals surface area contributed by atoms with Crippen molar-refractivity contribution in [2.75, 3.05) is 19.6 Å². The number of hydrogen-bond donors (Lipinski definition) is 0. The average Bonchev–Trinajstić information content (AvgIpc) is 2.09. The summed E-state index contributed by atoms with van der Waals surface area (Å²) < 4.78 is 0. The lowest BCUT2D eigenvalue weighted by molar-refractivity contribution is -0.119. The fourth-order valence-corrected chi connectivity index (χ4v) is 1.81. The minimum atomic E-state index is 0.416. The van der Waals surface area contributed by atoms with Crippen LogP contribution in [0, 0.1) is 5.92 Å². The van der Waals surface area contributed by atoms with Crippen LogP contribution in [0.25, 0.3) is 0 Å². The van der Waals surface area contributed by atoms with E-state index in [4.69, 9.17) is 0 Å². The first kappa shape index (κ1) is 5.42. The van der Waals surface area contributed by atoms with Crippen molar-refractivity contribution in [2.45, 2.75) is 12.8 Å². The Morgan fingerprint density at radius 3 is 3.11 bits per heavy atom. The third-order valence-electron chi connectivity index (χ3n) is 2.34. The van der Waals surface area contributed by atoms with Gasteiger partial charge in [0.25, 0.3) is 0 Å². The summed E-state index contributed by atoms with van der Waals surface area (Å²) in [6, 6.07) is 0. The summed E-state index contributed by atoms with van der Waals surface area (Å²) >= 11 is 0. The van der Waals surface area contributed by atoms with Crippen molar-refractivity contribution in [1.29, 1.82) is 0 Å². The Bertz CT molecular complexity index is 144. The zero-order valence-electron chi connectivity index (χ0n) is 5.47. The molecular weight excluding hydrogens is 114 g/mol. The van der Waals surface area contributed by atoms with Crippen LogP contribution in [0.1, 0.15) is 12.8 Å². The van der Waals surface area contributed by atoms with E-state index in [9.17, 15) is 4.79 Å². The van der Waals surface area contributed by atoms with Gasteiger partial charge in [0, 0.05) is 12.5 Å². The summed E-state index contributed by atoms with van der Waals surface area (Å²) in [6.45, 7) is 2.95. The predicted octanol–water partition coefficient (Wildman–Crippen LogP) is 0.281. The van der Waals surface area contributed by atoms with Gasteiger partial charge in [-0.2, -0.15) is 0 Å². The van der Waals surface area contributed by atoms with Crippen LogP contribution in [0.5, 0.6) is 0 Å². The molecule has 2 nitrogen and oxygen atoms in total. The molecule has 0 N–H and O–H groups in total. The number of piperidine rings is 1. The lowest BCUT2D eigenvalue weighted by atomic mass is 10.0. The monoisotopic (exact) mass is 125 g/mol.